The van der Waals surface area contributed by atoms with Gasteiger partial charge >= 0.3 is 23.9 Å². The molecular weight excluding hydrogens is 334 g/mol. The van der Waals surface area contributed by atoms with Crippen LogP contribution in [0.1, 0.15) is 0 Å². The molecule has 136 valence electrons. The first-order valence-corrected chi connectivity index (χ1v) is 6.86. The van der Waals surface area contributed by atoms with Crippen molar-refractivity contribution in [3.05, 3.63) is 50.6 Å². The summed E-state index contributed by atoms with van der Waals surface area (Å²) < 4.78 is -1.50. The van der Waals surface area contributed by atoms with Crippen LogP contribution in [0.5, 0.6) is 0 Å². The first-order valence-electron chi connectivity index (χ1n) is 6.86. The van der Waals surface area contributed by atoms with Crippen molar-refractivity contribution in [3.63, 3.8) is 0 Å². The molecule has 25 heavy (non-hydrogen) atoms. The summed E-state index contributed by atoms with van der Waals surface area (Å²) in [6.45, 7) is 13.2. The largest absolute Gasteiger partial charge is 0.477 e. The van der Waals surface area contributed by atoms with Gasteiger partial charge in [0, 0.05) is 0 Å². The molecule has 0 saturated carbocycles. The molecule has 0 aromatic heterocycles. The van der Waals surface area contributed by atoms with Crippen LogP contribution in [0.15, 0.2) is 50.6 Å². The average molecular weight is 354 g/mol. The summed E-state index contributed by atoms with van der Waals surface area (Å²) in [6, 6.07) is -7.68. The number of hydrogen-bond acceptors (Lipinski definition) is 4. The van der Waals surface area contributed by atoms with Crippen LogP contribution in [0.4, 0.5) is 0 Å². The average Bonchev–Trinajstić information content (AvgIpc) is 2.47. The van der Waals surface area contributed by atoms with E-state index in [1.54, 1.807) is 0 Å². The molecule has 0 fully saturated rings. The van der Waals surface area contributed by atoms with Gasteiger partial charge in [0.05, 0.1) is 0 Å². The number of hydrogen-bond donors (Lipinski definition) is 4. The van der Waals surface area contributed by atoms with Crippen LogP contribution in [0.25, 0.3) is 0 Å². The van der Waals surface area contributed by atoms with Crippen LogP contribution in [-0.2, 0) is 19.2 Å². The minimum atomic E-state index is -1.92. The van der Waals surface area contributed by atoms with Crippen molar-refractivity contribution in [2.45, 2.75) is 24.2 Å². The number of aliphatic carboxylic acids is 4. The highest BCUT2D eigenvalue weighted by atomic mass is 16.4. The predicted octanol–water partition coefficient (Wildman–Crippen LogP) is 0.360. The smallest absolute Gasteiger partial charge is 0.366 e. The van der Waals surface area contributed by atoms with E-state index in [-0.39, 0.29) is 0 Å². The van der Waals surface area contributed by atoms with Gasteiger partial charge in [0.15, 0.2) is 0 Å². The monoisotopic (exact) mass is 354 g/mol. The zero-order valence-electron chi connectivity index (χ0n) is 13.3. The Morgan fingerprint density at radius 2 is 0.720 bits per heavy atom. The van der Waals surface area contributed by atoms with Crippen LogP contribution in [0, 0.1) is 0 Å². The van der Waals surface area contributed by atoms with E-state index in [1.807, 2.05) is 0 Å². The first-order chi connectivity index (χ1) is 11.6. The van der Waals surface area contributed by atoms with Crippen LogP contribution >= 0.6 is 0 Å². The van der Waals surface area contributed by atoms with E-state index in [1.165, 1.54) is 0 Å². The van der Waals surface area contributed by atoms with Crippen LogP contribution < -0.4 is 0 Å². The van der Waals surface area contributed by atoms with Gasteiger partial charge in [-0.25, -0.2) is 19.2 Å². The maximum atomic E-state index is 11.7. The van der Waals surface area contributed by atoms with E-state index >= 15 is 0 Å². The van der Waals surface area contributed by atoms with Gasteiger partial charge in [-0.1, -0.05) is 26.3 Å². The molecule has 0 rings (SSSR count). The Kier molecular flexibility index (Phi) is 7.50. The van der Waals surface area contributed by atoms with E-state index < -0.39 is 52.5 Å². The third-order valence-corrected chi connectivity index (χ3v) is 3.83. The molecule has 9 nitrogen and oxygen atoms in total. The van der Waals surface area contributed by atoms with Crippen molar-refractivity contribution < 1.29 is 44.1 Å². The number of carboxylic acid groups (broad SMARTS) is 4. The molecule has 0 amide bonds. The number of carboxylic acids is 4. The van der Waals surface area contributed by atoms with Gasteiger partial charge < -0.3 is 20.4 Å². The molecule has 0 spiro atoms. The van der Waals surface area contributed by atoms with Crippen molar-refractivity contribution in [1.82, 2.24) is 0 Å². The lowest BCUT2D eigenvalue weighted by atomic mass is 9.94. The second-order valence-corrected chi connectivity index (χ2v) is 4.97. The Labute approximate surface area is 143 Å². The lowest BCUT2D eigenvalue weighted by Crippen LogP contribution is -2.76. The predicted molar refractivity (Wildman–Crippen MR) is 86.7 cm³/mol. The van der Waals surface area contributed by atoms with E-state index in [4.69, 9.17) is 0 Å². The van der Waals surface area contributed by atoms with Gasteiger partial charge in [-0.3, -0.25) is 4.48 Å². The SMILES string of the molecule is C=CC(C(=O)O)[N+](C(C=C)C(=O)O)(C(C=C)C(=O)O)C(C=C)C(=O)O. The summed E-state index contributed by atoms with van der Waals surface area (Å²) >= 11 is 0. The van der Waals surface area contributed by atoms with Crippen LogP contribution in [0.2, 0.25) is 0 Å². The first kappa shape index (κ1) is 21.8. The third-order valence-electron chi connectivity index (χ3n) is 3.83. The van der Waals surface area contributed by atoms with Gasteiger partial charge in [-0.15, -0.1) is 0 Å². The normalized spacial score (nSPS) is 17.6. The summed E-state index contributed by atoms with van der Waals surface area (Å²) in [5.74, 6) is -6.65. The minimum absolute atomic E-state index is 0.778. The molecule has 0 aliphatic rings. The quantitative estimate of drug-likeness (QED) is 0.290. The highest BCUT2D eigenvalue weighted by Gasteiger charge is 2.61. The number of rotatable bonds is 12. The fourth-order valence-corrected chi connectivity index (χ4v) is 2.94. The highest BCUT2D eigenvalue weighted by Crippen LogP contribution is 2.33. The van der Waals surface area contributed by atoms with E-state index in [0.29, 0.717) is 0 Å². The number of quaternary nitrogens is 1. The van der Waals surface area contributed by atoms with E-state index in [0.717, 1.165) is 24.3 Å². The molecule has 4 N–H and O–H groups in total. The van der Waals surface area contributed by atoms with Gasteiger partial charge in [-0.2, -0.15) is 0 Å². The summed E-state index contributed by atoms with van der Waals surface area (Å²) in [5.41, 5.74) is 0. The maximum absolute atomic E-state index is 11.7. The van der Waals surface area contributed by atoms with Crippen molar-refractivity contribution in [3.8, 4) is 0 Å². The molecule has 0 aromatic rings. The molecular formula is C16H20NO8+. The fraction of sp³-hybridized carbons (Fsp3) is 0.250. The number of nitrogens with zero attached hydrogens (tertiary/aromatic N) is 1. The van der Waals surface area contributed by atoms with Crippen molar-refractivity contribution in [1.29, 1.82) is 0 Å². The molecule has 4 atom stereocenters. The molecule has 0 bridgehead atoms. The van der Waals surface area contributed by atoms with E-state index in [9.17, 15) is 39.6 Å². The van der Waals surface area contributed by atoms with Crippen molar-refractivity contribution in [2.75, 3.05) is 0 Å². The standard InChI is InChI=1S/C16H19NO8/c1-5-9(13(18)19)17(10(6-2)14(20)21,11(7-3)15(22)23)12(8-4)16(24)25/h5-12H,1-4H2,(H3-,18,19,20,21,22,23,24,25)/p+1. The topological polar surface area (TPSA) is 149 Å². The summed E-state index contributed by atoms with van der Waals surface area (Å²) in [5, 5.41) is 38.1. The molecule has 0 aliphatic heterocycles. The number of carbonyl (C=O) groups is 4. The zero-order valence-corrected chi connectivity index (χ0v) is 13.3. The maximum Gasteiger partial charge on any atom is 0.366 e. The van der Waals surface area contributed by atoms with Gasteiger partial charge in [0.1, 0.15) is 0 Å². The fourth-order valence-electron chi connectivity index (χ4n) is 2.94. The minimum Gasteiger partial charge on any atom is -0.477 e. The Hall–Kier alpha value is -3.20. The molecule has 0 aromatic carbocycles. The molecule has 0 heterocycles. The second kappa shape index (κ2) is 8.60. The molecule has 0 saturated heterocycles. The molecule has 0 aliphatic carbocycles. The molecule has 0 radical (unpaired) electrons. The highest BCUT2D eigenvalue weighted by molar-refractivity contribution is 5.83. The zero-order chi connectivity index (χ0) is 19.9. The second-order valence-electron chi connectivity index (χ2n) is 4.97. The Morgan fingerprint density at radius 3 is 0.800 bits per heavy atom. The van der Waals surface area contributed by atoms with Gasteiger partial charge in [0.25, 0.3) is 0 Å². The van der Waals surface area contributed by atoms with Crippen LogP contribution in [0.3, 0.4) is 0 Å². The van der Waals surface area contributed by atoms with Crippen LogP contribution in [-0.4, -0.2) is 73.0 Å². The lowest BCUT2D eigenvalue weighted by Gasteiger charge is -2.49. The summed E-state index contributed by atoms with van der Waals surface area (Å²) in [7, 11) is 0. The Bertz CT molecular complexity index is 514. The molecule has 9 heteroatoms. The van der Waals surface area contributed by atoms with Gasteiger partial charge in [0.2, 0.25) is 24.2 Å². The lowest BCUT2D eigenvalue weighted by molar-refractivity contribution is -0.964. The third kappa shape index (κ3) is 3.66. The van der Waals surface area contributed by atoms with Crippen molar-refractivity contribution >= 4 is 23.9 Å². The molecule has 4 unspecified atom stereocenters. The Morgan fingerprint density at radius 1 is 0.560 bits per heavy atom. The summed E-state index contributed by atoms with van der Waals surface area (Å²) in [6.07, 6.45) is 3.11. The van der Waals surface area contributed by atoms with Gasteiger partial charge in [-0.05, 0) is 24.3 Å². The summed E-state index contributed by atoms with van der Waals surface area (Å²) in [4.78, 5) is 47.0. The van der Waals surface area contributed by atoms with E-state index in [2.05, 4.69) is 26.3 Å². The Balaban J connectivity index is 7.37. The van der Waals surface area contributed by atoms with Crippen molar-refractivity contribution in [2.24, 2.45) is 0 Å².